The predicted octanol–water partition coefficient (Wildman–Crippen LogP) is 9.30. The van der Waals surface area contributed by atoms with Gasteiger partial charge in [-0.15, -0.1) is 0 Å². The number of carbonyl (C=O) groups excluding carboxylic acids is 2. The van der Waals surface area contributed by atoms with Gasteiger partial charge in [0.15, 0.2) is 0 Å². The van der Waals surface area contributed by atoms with Crippen LogP contribution in [0, 0.1) is 11.3 Å². The van der Waals surface area contributed by atoms with Crippen molar-refractivity contribution in [1.29, 1.82) is 0 Å². The number of hydrogen-bond donors (Lipinski definition) is 3. The molecule has 2 aliphatic carbocycles. The lowest BCUT2D eigenvalue weighted by molar-refractivity contribution is -0.112. The average molecular weight is 602 g/mol. The lowest BCUT2D eigenvalue weighted by atomic mass is 9.84. The predicted molar refractivity (Wildman–Crippen MR) is 179 cm³/mol. The number of urea groups is 1. The van der Waals surface area contributed by atoms with Crippen molar-refractivity contribution in [2.75, 3.05) is 10.6 Å². The molecule has 0 aromatic heterocycles. The molecular formula is C37H51N3O4. The van der Waals surface area contributed by atoms with Crippen LogP contribution < -0.4 is 16.0 Å². The molecular weight excluding hydrogens is 550 g/mol. The molecule has 1 aromatic rings. The van der Waals surface area contributed by atoms with Crippen LogP contribution in [0.4, 0.5) is 16.2 Å². The molecule has 1 saturated carbocycles. The minimum Gasteiger partial charge on any atom is -0.494 e. The van der Waals surface area contributed by atoms with Crippen molar-refractivity contribution in [2.24, 2.45) is 11.3 Å². The van der Waals surface area contributed by atoms with Gasteiger partial charge in [-0.25, -0.2) is 4.79 Å². The first-order valence-corrected chi connectivity index (χ1v) is 16.3. The summed E-state index contributed by atoms with van der Waals surface area (Å²) in [4.78, 5) is 26.2. The first-order chi connectivity index (χ1) is 21.0. The first kappa shape index (κ1) is 33.2. The van der Waals surface area contributed by atoms with Crippen molar-refractivity contribution >= 4 is 23.3 Å². The van der Waals surface area contributed by atoms with Crippen molar-refractivity contribution < 1.29 is 19.1 Å². The highest BCUT2D eigenvalue weighted by molar-refractivity contribution is 6.06. The van der Waals surface area contributed by atoms with Crippen LogP contribution in [0.1, 0.15) is 99.3 Å². The molecule has 1 heterocycles. The second-order valence-electron chi connectivity index (χ2n) is 13.4. The highest BCUT2D eigenvalue weighted by atomic mass is 16.5. The second-order valence-corrected chi connectivity index (χ2v) is 13.4. The molecule has 3 aliphatic rings. The molecule has 44 heavy (non-hydrogen) atoms. The Bertz CT molecular complexity index is 1320. The summed E-state index contributed by atoms with van der Waals surface area (Å²) in [5.74, 6) is 2.25. The molecule has 1 fully saturated rings. The molecule has 0 radical (unpaired) electrons. The van der Waals surface area contributed by atoms with Crippen LogP contribution in [0.2, 0.25) is 0 Å². The Balaban J connectivity index is 1.35. The van der Waals surface area contributed by atoms with Crippen LogP contribution in [0.25, 0.3) is 0 Å². The largest absolute Gasteiger partial charge is 0.494 e. The number of allylic oxidation sites excluding steroid dienone is 5. The van der Waals surface area contributed by atoms with E-state index >= 15 is 0 Å². The van der Waals surface area contributed by atoms with E-state index in [1.54, 1.807) is 24.3 Å². The van der Waals surface area contributed by atoms with Gasteiger partial charge in [0, 0.05) is 34.5 Å². The lowest BCUT2D eigenvalue weighted by Crippen LogP contribution is -2.28. The zero-order chi connectivity index (χ0) is 31.7. The summed E-state index contributed by atoms with van der Waals surface area (Å²) in [7, 11) is 0. The third-order valence-corrected chi connectivity index (χ3v) is 8.43. The van der Waals surface area contributed by atoms with Crippen LogP contribution in [-0.4, -0.2) is 24.1 Å². The van der Waals surface area contributed by atoms with E-state index in [1.807, 2.05) is 38.2 Å². The van der Waals surface area contributed by atoms with E-state index in [-0.39, 0.29) is 29.6 Å². The van der Waals surface area contributed by atoms with Crippen molar-refractivity contribution in [3.63, 3.8) is 0 Å². The van der Waals surface area contributed by atoms with Crippen molar-refractivity contribution in [3.05, 3.63) is 83.0 Å². The van der Waals surface area contributed by atoms with Gasteiger partial charge in [-0.1, -0.05) is 58.3 Å². The van der Waals surface area contributed by atoms with Crippen LogP contribution in [0.15, 0.2) is 83.0 Å². The Morgan fingerprint density at radius 2 is 1.66 bits per heavy atom. The van der Waals surface area contributed by atoms with E-state index in [1.165, 1.54) is 25.7 Å². The zero-order valence-electron chi connectivity index (χ0n) is 27.4. The molecule has 238 valence electrons. The quantitative estimate of drug-likeness (QED) is 0.277. The van der Waals surface area contributed by atoms with E-state index < -0.39 is 0 Å². The summed E-state index contributed by atoms with van der Waals surface area (Å²) < 4.78 is 12.5. The Hall–Kier alpha value is -3.74. The molecule has 0 bridgehead atoms. The first-order valence-electron chi connectivity index (χ1n) is 16.3. The van der Waals surface area contributed by atoms with Gasteiger partial charge >= 0.3 is 6.03 Å². The van der Waals surface area contributed by atoms with Gasteiger partial charge in [0.2, 0.25) is 0 Å². The fraction of sp³-hybridized carbons (Fsp3) is 0.514. The van der Waals surface area contributed by atoms with Crippen LogP contribution >= 0.6 is 0 Å². The number of hydrogen-bond acceptors (Lipinski definition) is 4. The molecule has 7 nitrogen and oxygen atoms in total. The molecule has 3 N–H and O–H groups in total. The van der Waals surface area contributed by atoms with E-state index in [4.69, 9.17) is 9.47 Å². The average Bonchev–Trinajstić information content (AvgIpc) is 3.15. The van der Waals surface area contributed by atoms with Crippen LogP contribution in [-0.2, 0) is 14.3 Å². The monoisotopic (exact) mass is 601 g/mol. The van der Waals surface area contributed by atoms with E-state index in [0.29, 0.717) is 29.1 Å². The molecule has 3 amide bonds. The van der Waals surface area contributed by atoms with Gasteiger partial charge in [-0.2, -0.15) is 0 Å². The summed E-state index contributed by atoms with van der Waals surface area (Å²) in [5.41, 5.74) is 3.48. The topological polar surface area (TPSA) is 88.7 Å². The third-order valence-electron chi connectivity index (χ3n) is 8.43. The fourth-order valence-corrected chi connectivity index (χ4v) is 5.82. The summed E-state index contributed by atoms with van der Waals surface area (Å²) >= 11 is 0. The zero-order valence-corrected chi connectivity index (χ0v) is 27.4. The van der Waals surface area contributed by atoms with Gasteiger partial charge in [0.1, 0.15) is 11.5 Å². The summed E-state index contributed by atoms with van der Waals surface area (Å²) in [6.45, 7) is 12.6. The van der Waals surface area contributed by atoms with Crippen LogP contribution in [0.3, 0.4) is 0 Å². The lowest BCUT2D eigenvalue weighted by Gasteiger charge is -2.29. The van der Waals surface area contributed by atoms with Crippen molar-refractivity contribution in [1.82, 2.24) is 5.32 Å². The molecule has 1 atom stereocenters. The fourth-order valence-electron chi connectivity index (χ4n) is 5.82. The molecule has 1 aromatic carbocycles. The number of carbonyl (C=O) groups is 2. The molecule has 1 unspecified atom stereocenters. The number of ether oxygens (including phenoxy) is 2. The SMILES string of the molecule is CCCC1CCC(OC2=CC(C(=O)Nc3ccc(NC(=O)NC4=CCC(C)OC(C(C)(C)C)=C4)cc3)=C(C)CCC=C2)CC1. The van der Waals surface area contributed by atoms with Gasteiger partial charge in [-0.3, -0.25) is 4.79 Å². The third kappa shape index (κ3) is 9.90. The highest BCUT2D eigenvalue weighted by Crippen LogP contribution is 2.32. The van der Waals surface area contributed by atoms with E-state index in [9.17, 15) is 9.59 Å². The minimum absolute atomic E-state index is 0.0361. The summed E-state index contributed by atoms with van der Waals surface area (Å²) in [6.07, 6.45) is 19.6. The molecule has 7 heteroatoms. The van der Waals surface area contributed by atoms with Gasteiger partial charge in [0.25, 0.3) is 5.91 Å². The maximum atomic E-state index is 13.4. The smallest absolute Gasteiger partial charge is 0.323 e. The highest BCUT2D eigenvalue weighted by Gasteiger charge is 2.24. The Labute approximate surface area is 263 Å². The molecule has 4 rings (SSSR count). The number of nitrogens with one attached hydrogen (secondary N) is 3. The second kappa shape index (κ2) is 15.3. The normalized spacial score (nSPS) is 22.7. The Morgan fingerprint density at radius 3 is 2.32 bits per heavy atom. The van der Waals surface area contributed by atoms with E-state index in [2.05, 4.69) is 49.7 Å². The number of amides is 3. The van der Waals surface area contributed by atoms with Crippen molar-refractivity contribution in [3.8, 4) is 0 Å². The maximum absolute atomic E-state index is 13.4. The van der Waals surface area contributed by atoms with E-state index in [0.717, 1.165) is 48.7 Å². The summed E-state index contributed by atoms with van der Waals surface area (Å²) in [6, 6.07) is 6.80. The van der Waals surface area contributed by atoms with Gasteiger partial charge in [-0.05, 0) is 101 Å². The van der Waals surface area contributed by atoms with Gasteiger partial charge in [0.05, 0.1) is 12.2 Å². The summed E-state index contributed by atoms with van der Waals surface area (Å²) in [5, 5.41) is 8.84. The van der Waals surface area contributed by atoms with Crippen molar-refractivity contribution in [2.45, 2.75) is 112 Å². The standard InChI is InChI=1S/C37H51N3O4/c1-7-10-27-14-21-31(22-15-27)44-32-12-9-8-11-25(2)33(24-32)35(41)38-28-17-19-29(20-18-28)39-36(42)40-30-16-13-26(3)43-34(23-30)37(4,5)6/h9,12,16-20,23-24,26-27,31H,7-8,10-11,13-15,21-22H2,1-6H3,(H,38,41)(H2,39,40,42). The number of benzene rings is 1. The van der Waals surface area contributed by atoms with Crippen LogP contribution in [0.5, 0.6) is 0 Å². The Morgan fingerprint density at radius 1 is 0.977 bits per heavy atom. The number of anilines is 2. The minimum atomic E-state index is -0.341. The Kier molecular flexibility index (Phi) is 11.5. The molecule has 0 saturated heterocycles. The molecule has 0 spiro atoms. The van der Waals surface area contributed by atoms with Gasteiger partial charge < -0.3 is 25.4 Å². The molecule has 1 aliphatic heterocycles. The number of rotatable bonds is 8. The maximum Gasteiger partial charge on any atom is 0.323 e.